The fraction of sp³-hybridized carbons (Fsp3) is 0.344. The van der Waals surface area contributed by atoms with Crippen molar-refractivity contribution in [3.05, 3.63) is 95.6 Å². The molecule has 3 aromatic carbocycles. The minimum Gasteiger partial charge on any atom is -0.497 e. The molecule has 1 N–H and O–H groups in total. The van der Waals surface area contributed by atoms with Crippen LogP contribution in [-0.2, 0) is 16.0 Å². The van der Waals surface area contributed by atoms with Crippen molar-refractivity contribution in [3.63, 3.8) is 0 Å². The SMILES string of the molecule is C=C(C)[C@@H]1C[C@@H]2c3ccc(OC)cc3CCC[C@@H]2O[C@@H]1c1cc(Oc2ccccc2)ccc1OCC(=O)O. The molecule has 1 saturated heterocycles. The van der Waals surface area contributed by atoms with E-state index in [9.17, 15) is 9.90 Å². The zero-order valence-corrected chi connectivity index (χ0v) is 21.9. The monoisotopic (exact) mass is 514 g/mol. The molecule has 0 radical (unpaired) electrons. The van der Waals surface area contributed by atoms with E-state index in [4.69, 9.17) is 18.9 Å². The van der Waals surface area contributed by atoms with Crippen molar-refractivity contribution in [2.45, 2.75) is 50.7 Å². The van der Waals surface area contributed by atoms with Crippen molar-refractivity contribution in [3.8, 4) is 23.0 Å². The van der Waals surface area contributed by atoms with Crippen molar-refractivity contribution >= 4 is 5.97 Å². The van der Waals surface area contributed by atoms with Gasteiger partial charge in [0.1, 0.15) is 23.0 Å². The number of aliphatic carboxylic acids is 1. The molecule has 38 heavy (non-hydrogen) atoms. The number of benzene rings is 3. The number of para-hydroxylation sites is 1. The lowest BCUT2D eigenvalue weighted by molar-refractivity contribution is -0.139. The van der Waals surface area contributed by atoms with Gasteiger partial charge in [-0.1, -0.05) is 36.4 Å². The molecular weight excluding hydrogens is 480 g/mol. The quantitative estimate of drug-likeness (QED) is 0.324. The zero-order chi connectivity index (χ0) is 26.6. The van der Waals surface area contributed by atoms with Crippen LogP contribution in [0.15, 0.2) is 78.9 Å². The maximum Gasteiger partial charge on any atom is 0.341 e. The molecule has 3 aromatic rings. The first kappa shape index (κ1) is 25.9. The van der Waals surface area contributed by atoms with Gasteiger partial charge in [-0.05, 0) is 86.2 Å². The van der Waals surface area contributed by atoms with Gasteiger partial charge >= 0.3 is 5.97 Å². The highest BCUT2D eigenvalue weighted by molar-refractivity contribution is 5.68. The number of hydrogen-bond acceptors (Lipinski definition) is 5. The first-order valence-corrected chi connectivity index (χ1v) is 13.1. The number of rotatable bonds is 8. The summed E-state index contributed by atoms with van der Waals surface area (Å²) in [4.78, 5) is 11.3. The van der Waals surface area contributed by atoms with Gasteiger partial charge in [0.25, 0.3) is 0 Å². The van der Waals surface area contributed by atoms with Crippen LogP contribution in [0, 0.1) is 5.92 Å². The summed E-state index contributed by atoms with van der Waals surface area (Å²) in [5.41, 5.74) is 4.45. The summed E-state index contributed by atoms with van der Waals surface area (Å²) < 4.78 is 24.3. The number of hydrogen-bond donors (Lipinski definition) is 1. The van der Waals surface area contributed by atoms with Gasteiger partial charge in [0.15, 0.2) is 6.61 Å². The summed E-state index contributed by atoms with van der Waals surface area (Å²) in [6.45, 7) is 5.93. The molecule has 6 nitrogen and oxygen atoms in total. The lowest BCUT2D eigenvalue weighted by atomic mass is 9.74. The van der Waals surface area contributed by atoms with Crippen LogP contribution in [0.1, 0.15) is 54.9 Å². The van der Waals surface area contributed by atoms with E-state index in [1.807, 2.05) is 49.4 Å². The molecule has 0 spiro atoms. The van der Waals surface area contributed by atoms with E-state index in [0.717, 1.165) is 48.3 Å². The summed E-state index contributed by atoms with van der Waals surface area (Å²) in [6.07, 6.45) is 3.51. The smallest absolute Gasteiger partial charge is 0.341 e. The number of fused-ring (bicyclic) bond motifs is 3. The maximum atomic E-state index is 11.3. The lowest BCUT2D eigenvalue weighted by Crippen LogP contribution is -2.36. The molecule has 2 aliphatic rings. The number of carboxylic acids is 1. The fourth-order valence-electron chi connectivity index (χ4n) is 5.76. The normalized spacial score (nSPS) is 22.4. The van der Waals surface area contributed by atoms with Crippen LogP contribution in [0.5, 0.6) is 23.0 Å². The lowest BCUT2D eigenvalue weighted by Gasteiger charge is -2.43. The topological polar surface area (TPSA) is 74.2 Å². The van der Waals surface area contributed by atoms with Gasteiger partial charge in [-0.2, -0.15) is 0 Å². The van der Waals surface area contributed by atoms with Gasteiger partial charge in [0, 0.05) is 17.4 Å². The molecule has 4 atom stereocenters. The van der Waals surface area contributed by atoms with E-state index in [2.05, 4.69) is 18.7 Å². The highest BCUT2D eigenvalue weighted by Gasteiger charge is 2.42. The molecule has 1 aliphatic carbocycles. The average molecular weight is 515 g/mol. The van der Waals surface area contributed by atoms with E-state index in [1.54, 1.807) is 19.2 Å². The Morgan fingerprint density at radius 1 is 1.03 bits per heavy atom. The van der Waals surface area contributed by atoms with Gasteiger partial charge in [-0.25, -0.2) is 4.79 Å². The maximum absolute atomic E-state index is 11.3. The largest absolute Gasteiger partial charge is 0.497 e. The molecule has 0 amide bonds. The molecule has 0 aromatic heterocycles. The fourth-order valence-corrected chi connectivity index (χ4v) is 5.76. The molecule has 1 aliphatic heterocycles. The third-order valence-electron chi connectivity index (χ3n) is 7.58. The van der Waals surface area contributed by atoms with Crippen molar-refractivity contribution in [2.75, 3.05) is 13.7 Å². The molecule has 198 valence electrons. The summed E-state index contributed by atoms with van der Waals surface area (Å²) >= 11 is 0. The Bertz CT molecular complexity index is 1300. The predicted molar refractivity (Wildman–Crippen MR) is 145 cm³/mol. The Balaban J connectivity index is 1.51. The van der Waals surface area contributed by atoms with Crippen LogP contribution < -0.4 is 14.2 Å². The second kappa shape index (κ2) is 11.3. The van der Waals surface area contributed by atoms with Crippen LogP contribution >= 0.6 is 0 Å². The van der Waals surface area contributed by atoms with Crippen molar-refractivity contribution in [1.82, 2.24) is 0 Å². The highest BCUT2D eigenvalue weighted by Crippen LogP contribution is 2.51. The average Bonchev–Trinajstić information content (AvgIpc) is 3.10. The van der Waals surface area contributed by atoms with Crippen LogP contribution in [0.2, 0.25) is 0 Å². The van der Waals surface area contributed by atoms with Gasteiger partial charge in [-0.15, -0.1) is 0 Å². The Morgan fingerprint density at radius 3 is 2.55 bits per heavy atom. The van der Waals surface area contributed by atoms with Crippen molar-refractivity contribution in [1.29, 1.82) is 0 Å². The van der Waals surface area contributed by atoms with E-state index in [1.165, 1.54) is 11.1 Å². The molecule has 0 bridgehead atoms. The minimum atomic E-state index is -1.03. The van der Waals surface area contributed by atoms with Gasteiger partial charge in [-0.3, -0.25) is 0 Å². The molecule has 0 saturated carbocycles. The highest BCUT2D eigenvalue weighted by atomic mass is 16.5. The molecular formula is C32H34O6. The molecule has 5 rings (SSSR count). The number of ether oxygens (including phenoxy) is 4. The first-order valence-electron chi connectivity index (χ1n) is 13.1. The molecule has 6 heteroatoms. The van der Waals surface area contributed by atoms with Crippen molar-refractivity contribution in [2.24, 2.45) is 5.92 Å². The van der Waals surface area contributed by atoms with Crippen LogP contribution in [-0.4, -0.2) is 30.9 Å². The van der Waals surface area contributed by atoms with Gasteiger partial charge in [0.05, 0.1) is 19.3 Å². The molecule has 0 unspecified atom stereocenters. The molecule has 1 fully saturated rings. The number of carbonyl (C=O) groups is 1. The van der Waals surface area contributed by atoms with Gasteiger partial charge < -0.3 is 24.1 Å². The van der Waals surface area contributed by atoms with E-state index >= 15 is 0 Å². The number of methoxy groups -OCH3 is 1. The Labute approximate surface area is 223 Å². The Hall–Kier alpha value is -3.77. The summed E-state index contributed by atoms with van der Waals surface area (Å²) in [5, 5.41) is 9.28. The minimum absolute atomic E-state index is 0.0171. The van der Waals surface area contributed by atoms with Gasteiger partial charge in [0.2, 0.25) is 0 Å². The number of aryl methyl sites for hydroxylation is 1. The zero-order valence-electron chi connectivity index (χ0n) is 21.9. The number of carboxylic acid groups (broad SMARTS) is 1. The summed E-state index contributed by atoms with van der Waals surface area (Å²) in [5.74, 6) is 1.95. The first-order chi connectivity index (χ1) is 18.4. The molecule has 1 heterocycles. The Kier molecular flexibility index (Phi) is 7.70. The third kappa shape index (κ3) is 5.55. The standard InChI is InChI=1S/C32H34O6/c1-20(2)26-18-27-25-14-12-23(35-3)16-21(25)8-7-11-30(27)38-32(26)28-17-24(37-22-9-5-4-6-10-22)13-15-29(28)36-19-31(33)34/h4-6,9-10,12-17,26-27,30,32H,1,7-8,11,18-19H2,2-3H3,(H,33,34)/t26-,27+,30-,32-/m0/s1. The summed E-state index contributed by atoms with van der Waals surface area (Å²) in [6, 6.07) is 21.4. The third-order valence-corrected chi connectivity index (χ3v) is 7.58. The second-order valence-corrected chi connectivity index (χ2v) is 10.1. The van der Waals surface area contributed by atoms with Crippen LogP contribution in [0.4, 0.5) is 0 Å². The second-order valence-electron chi connectivity index (χ2n) is 10.1. The van der Waals surface area contributed by atoms with E-state index in [-0.39, 0.29) is 24.0 Å². The van der Waals surface area contributed by atoms with Crippen molar-refractivity contribution < 1.29 is 28.8 Å². The van der Waals surface area contributed by atoms with E-state index in [0.29, 0.717) is 11.5 Å². The summed E-state index contributed by atoms with van der Waals surface area (Å²) in [7, 11) is 1.70. The van der Waals surface area contributed by atoms with Crippen LogP contribution in [0.3, 0.4) is 0 Å². The predicted octanol–water partition coefficient (Wildman–Crippen LogP) is 7.09. The Morgan fingerprint density at radius 2 is 1.82 bits per heavy atom. The van der Waals surface area contributed by atoms with Crippen LogP contribution in [0.25, 0.3) is 0 Å². The van der Waals surface area contributed by atoms with E-state index < -0.39 is 12.6 Å².